The maximum Gasteiger partial charge on any atom is 0.288 e. The van der Waals surface area contributed by atoms with Crippen LogP contribution in [0.4, 0.5) is 20.2 Å². The standard InChI is InChI=1S/C20H23F2N3O2S/c1-13(2)18(26)23-11-12-24-19(27)16-5-3-4-6-17(16)25-14-7-9-15(10-8-14)28-20(21)22/h3-10,13,20,25H,11-12H2,1-2H3,(H,23,26)(H,24,27). The number of hydrogen-bond donors (Lipinski definition) is 3. The van der Waals surface area contributed by atoms with E-state index in [9.17, 15) is 18.4 Å². The van der Waals surface area contributed by atoms with Crippen LogP contribution in [0.2, 0.25) is 0 Å². The summed E-state index contributed by atoms with van der Waals surface area (Å²) in [6.07, 6.45) is 0. The lowest BCUT2D eigenvalue weighted by Crippen LogP contribution is -2.36. The number of halogens is 2. The predicted molar refractivity (Wildman–Crippen MR) is 108 cm³/mol. The van der Waals surface area contributed by atoms with E-state index < -0.39 is 5.76 Å². The molecular weight excluding hydrogens is 384 g/mol. The van der Waals surface area contributed by atoms with E-state index in [-0.39, 0.29) is 17.7 Å². The Hall–Kier alpha value is -2.61. The topological polar surface area (TPSA) is 70.2 Å². The molecule has 5 nitrogen and oxygen atoms in total. The molecule has 0 unspecified atom stereocenters. The average Bonchev–Trinajstić information content (AvgIpc) is 2.66. The van der Waals surface area contributed by atoms with Crippen molar-refractivity contribution in [2.24, 2.45) is 5.92 Å². The highest BCUT2D eigenvalue weighted by Gasteiger charge is 2.12. The molecule has 0 saturated carbocycles. The predicted octanol–water partition coefficient (Wildman–Crippen LogP) is 4.25. The van der Waals surface area contributed by atoms with E-state index in [2.05, 4.69) is 16.0 Å². The SMILES string of the molecule is CC(C)C(=O)NCCNC(=O)c1ccccc1Nc1ccc(SC(F)F)cc1. The summed E-state index contributed by atoms with van der Waals surface area (Å²) >= 11 is 0.481. The van der Waals surface area contributed by atoms with Crippen molar-refractivity contribution < 1.29 is 18.4 Å². The second-order valence-corrected chi connectivity index (χ2v) is 7.34. The minimum absolute atomic E-state index is 0.0650. The number of hydrogen-bond acceptors (Lipinski definition) is 4. The summed E-state index contributed by atoms with van der Waals surface area (Å²) in [4.78, 5) is 24.4. The zero-order valence-electron chi connectivity index (χ0n) is 15.7. The van der Waals surface area contributed by atoms with Crippen LogP contribution in [0.3, 0.4) is 0 Å². The van der Waals surface area contributed by atoms with Crippen LogP contribution >= 0.6 is 11.8 Å². The number of para-hydroxylation sites is 1. The molecule has 8 heteroatoms. The molecule has 0 fully saturated rings. The maximum absolute atomic E-state index is 12.5. The van der Waals surface area contributed by atoms with E-state index >= 15 is 0 Å². The quantitative estimate of drug-likeness (QED) is 0.429. The number of amides is 2. The molecule has 0 atom stereocenters. The molecule has 3 N–H and O–H groups in total. The van der Waals surface area contributed by atoms with Gasteiger partial charge in [0.2, 0.25) is 5.91 Å². The summed E-state index contributed by atoms with van der Waals surface area (Å²) in [6.45, 7) is 4.26. The van der Waals surface area contributed by atoms with Gasteiger partial charge >= 0.3 is 0 Å². The van der Waals surface area contributed by atoms with E-state index in [1.165, 1.54) is 0 Å². The molecule has 0 saturated heterocycles. The zero-order chi connectivity index (χ0) is 20.5. The normalized spacial score (nSPS) is 10.8. The molecule has 0 aliphatic rings. The first-order chi connectivity index (χ1) is 13.4. The Morgan fingerprint density at radius 1 is 0.964 bits per heavy atom. The molecule has 0 aliphatic carbocycles. The number of alkyl halides is 2. The van der Waals surface area contributed by atoms with Crippen LogP contribution in [0.1, 0.15) is 24.2 Å². The average molecular weight is 407 g/mol. The third-order valence-corrected chi connectivity index (χ3v) is 4.49. The minimum Gasteiger partial charge on any atom is -0.355 e. The molecule has 2 rings (SSSR count). The number of thioether (sulfide) groups is 1. The van der Waals surface area contributed by atoms with Gasteiger partial charge in [0, 0.05) is 29.6 Å². The first kappa shape index (κ1) is 21.7. The second kappa shape index (κ2) is 10.7. The van der Waals surface area contributed by atoms with Gasteiger partial charge in [0.05, 0.1) is 11.3 Å². The molecule has 28 heavy (non-hydrogen) atoms. The minimum atomic E-state index is -2.46. The zero-order valence-corrected chi connectivity index (χ0v) is 16.5. The Morgan fingerprint density at radius 2 is 1.61 bits per heavy atom. The van der Waals surface area contributed by atoms with E-state index in [1.807, 2.05) is 0 Å². The van der Waals surface area contributed by atoms with Crippen molar-refractivity contribution in [2.75, 3.05) is 18.4 Å². The monoisotopic (exact) mass is 407 g/mol. The van der Waals surface area contributed by atoms with Gasteiger partial charge in [-0.2, -0.15) is 8.78 Å². The van der Waals surface area contributed by atoms with Crippen LogP contribution in [-0.2, 0) is 4.79 Å². The van der Waals surface area contributed by atoms with Gasteiger partial charge < -0.3 is 16.0 Å². The Morgan fingerprint density at radius 3 is 2.25 bits per heavy atom. The lowest BCUT2D eigenvalue weighted by molar-refractivity contribution is -0.123. The highest BCUT2D eigenvalue weighted by molar-refractivity contribution is 7.99. The molecule has 0 radical (unpaired) electrons. The summed E-state index contributed by atoms with van der Waals surface area (Å²) in [6, 6.07) is 13.6. The van der Waals surface area contributed by atoms with Crippen LogP contribution in [0.5, 0.6) is 0 Å². The molecule has 0 spiro atoms. The molecular formula is C20H23F2N3O2S. The summed E-state index contributed by atoms with van der Waals surface area (Å²) in [7, 11) is 0. The fourth-order valence-electron chi connectivity index (χ4n) is 2.33. The third-order valence-electron chi connectivity index (χ3n) is 3.76. The van der Waals surface area contributed by atoms with E-state index in [4.69, 9.17) is 0 Å². The summed E-state index contributed by atoms with van der Waals surface area (Å²) in [5, 5.41) is 8.64. The molecule has 0 aliphatic heterocycles. The number of carbonyl (C=O) groups excluding carboxylic acids is 2. The Labute approximate surface area is 167 Å². The molecule has 0 heterocycles. The molecule has 2 amide bonds. The van der Waals surface area contributed by atoms with Gasteiger partial charge in [0.1, 0.15) is 0 Å². The Kier molecular flexibility index (Phi) is 8.25. The van der Waals surface area contributed by atoms with Gasteiger partial charge in [-0.05, 0) is 36.4 Å². The van der Waals surface area contributed by atoms with Crippen molar-refractivity contribution in [1.29, 1.82) is 0 Å². The van der Waals surface area contributed by atoms with Crippen molar-refractivity contribution in [2.45, 2.75) is 24.5 Å². The van der Waals surface area contributed by atoms with Crippen LogP contribution in [-0.4, -0.2) is 30.7 Å². The smallest absolute Gasteiger partial charge is 0.288 e. The third kappa shape index (κ3) is 6.84. The van der Waals surface area contributed by atoms with Crippen molar-refractivity contribution in [1.82, 2.24) is 10.6 Å². The summed E-state index contributed by atoms with van der Waals surface area (Å²) in [5.74, 6) is -2.91. The lowest BCUT2D eigenvalue weighted by Gasteiger charge is -2.13. The fourth-order valence-corrected chi connectivity index (χ4v) is 2.83. The number of nitrogens with one attached hydrogen (secondary N) is 3. The van der Waals surface area contributed by atoms with Crippen molar-refractivity contribution in [3.8, 4) is 0 Å². The van der Waals surface area contributed by atoms with E-state index in [0.29, 0.717) is 46.7 Å². The van der Waals surface area contributed by atoms with Gasteiger partial charge in [-0.25, -0.2) is 0 Å². The van der Waals surface area contributed by atoms with Crippen LogP contribution < -0.4 is 16.0 Å². The largest absolute Gasteiger partial charge is 0.355 e. The number of benzene rings is 2. The van der Waals surface area contributed by atoms with E-state index in [0.717, 1.165) is 0 Å². The Balaban J connectivity index is 1.96. The van der Waals surface area contributed by atoms with Crippen LogP contribution in [0.25, 0.3) is 0 Å². The number of carbonyl (C=O) groups is 2. The van der Waals surface area contributed by atoms with Gasteiger partial charge in [0.25, 0.3) is 11.7 Å². The molecule has 2 aromatic rings. The molecule has 0 bridgehead atoms. The van der Waals surface area contributed by atoms with E-state index in [1.54, 1.807) is 62.4 Å². The van der Waals surface area contributed by atoms with Gasteiger partial charge in [0.15, 0.2) is 0 Å². The first-order valence-electron chi connectivity index (χ1n) is 8.83. The van der Waals surface area contributed by atoms with Gasteiger partial charge in [-0.3, -0.25) is 9.59 Å². The lowest BCUT2D eigenvalue weighted by atomic mass is 10.1. The maximum atomic E-state index is 12.5. The first-order valence-corrected chi connectivity index (χ1v) is 9.71. The van der Waals surface area contributed by atoms with Gasteiger partial charge in [-0.1, -0.05) is 37.7 Å². The summed E-state index contributed by atoms with van der Waals surface area (Å²) < 4.78 is 24.8. The number of anilines is 2. The van der Waals surface area contributed by atoms with Crippen LogP contribution in [0.15, 0.2) is 53.4 Å². The fraction of sp³-hybridized carbons (Fsp3) is 0.300. The molecule has 150 valence electrons. The van der Waals surface area contributed by atoms with Gasteiger partial charge in [-0.15, -0.1) is 0 Å². The second-order valence-electron chi connectivity index (χ2n) is 6.28. The van der Waals surface area contributed by atoms with Crippen LogP contribution in [0, 0.1) is 5.92 Å². The van der Waals surface area contributed by atoms with Crippen molar-refractivity contribution in [3.05, 3.63) is 54.1 Å². The summed E-state index contributed by atoms with van der Waals surface area (Å²) in [5.41, 5.74) is 1.73. The Bertz CT molecular complexity index is 798. The highest BCUT2D eigenvalue weighted by Crippen LogP contribution is 2.27. The molecule has 0 aromatic heterocycles. The number of rotatable bonds is 9. The van der Waals surface area contributed by atoms with Crippen molar-refractivity contribution >= 4 is 35.0 Å². The molecule has 2 aromatic carbocycles. The highest BCUT2D eigenvalue weighted by atomic mass is 32.2. The van der Waals surface area contributed by atoms with Crippen molar-refractivity contribution in [3.63, 3.8) is 0 Å².